The van der Waals surface area contributed by atoms with Crippen molar-refractivity contribution >= 4 is 23.2 Å². The number of nitrogens with two attached hydrogens (primary N) is 1. The van der Waals surface area contributed by atoms with Gasteiger partial charge in [0, 0.05) is 38.8 Å². The molecule has 2 N–H and O–H groups in total. The van der Waals surface area contributed by atoms with Crippen molar-refractivity contribution in [2.75, 3.05) is 39.5 Å². The lowest BCUT2D eigenvalue weighted by molar-refractivity contribution is 0.0645. The molecule has 1 aliphatic carbocycles. The van der Waals surface area contributed by atoms with Crippen LogP contribution in [-0.2, 0) is 0 Å². The third kappa shape index (κ3) is 4.66. The Kier molecular flexibility index (Phi) is 6.45. The van der Waals surface area contributed by atoms with Gasteiger partial charge in [0.2, 0.25) is 0 Å². The molecule has 0 radical (unpaired) electrons. The average molecular weight is 390 g/mol. The number of benzene rings is 1. The molecule has 2 aliphatic rings. The maximum Gasteiger partial charge on any atom is 0.257 e. The first-order chi connectivity index (χ1) is 13.0. The maximum atomic E-state index is 13.0. The number of carbonyl (C=O) groups is 1. The molecule has 1 aromatic rings. The van der Waals surface area contributed by atoms with Gasteiger partial charge in [-0.15, -0.1) is 0 Å². The van der Waals surface area contributed by atoms with Crippen LogP contribution in [0.4, 0.5) is 5.69 Å². The predicted molar refractivity (Wildman–Crippen MR) is 110 cm³/mol. The lowest BCUT2D eigenvalue weighted by Gasteiger charge is -2.37. The molecule has 3 rings (SSSR count). The van der Waals surface area contributed by atoms with Crippen molar-refractivity contribution in [1.82, 2.24) is 9.80 Å². The smallest absolute Gasteiger partial charge is 0.257 e. The average Bonchev–Trinajstić information content (AvgIpc) is 2.70. The molecule has 0 aromatic heterocycles. The van der Waals surface area contributed by atoms with Gasteiger partial charge in [-0.25, -0.2) is 0 Å². The third-order valence-corrected chi connectivity index (χ3v) is 5.82. The van der Waals surface area contributed by atoms with E-state index in [4.69, 9.17) is 22.1 Å². The minimum Gasteiger partial charge on any atom is -0.496 e. The number of hydrogen-bond acceptors (Lipinski definition) is 4. The fraction of sp³-hybridized carbons (Fsp3) is 0.476. The number of ether oxygens (including phenoxy) is 1. The van der Waals surface area contributed by atoms with Crippen molar-refractivity contribution in [3.05, 3.63) is 46.5 Å². The summed E-state index contributed by atoms with van der Waals surface area (Å²) >= 11 is 6.12. The van der Waals surface area contributed by atoms with E-state index in [0.29, 0.717) is 22.0 Å². The molecule has 1 saturated heterocycles. The Balaban J connectivity index is 1.60. The van der Waals surface area contributed by atoms with Gasteiger partial charge in [0.25, 0.3) is 5.91 Å². The van der Waals surface area contributed by atoms with Gasteiger partial charge in [-0.3, -0.25) is 9.69 Å². The highest BCUT2D eigenvalue weighted by atomic mass is 35.5. The molecule has 1 aliphatic heterocycles. The number of hydrogen-bond donors (Lipinski definition) is 1. The normalized spacial score (nSPS) is 18.3. The number of methoxy groups -OCH3 is 1. The highest BCUT2D eigenvalue weighted by Crippen LogP contribution is 2.30. The van der Waals surface area contributed by atoms with E-state index in [-0.39, 0.29) is 11.9 Å². The Labute approximate surface area is 166 Å². The van der Waals surface area contributed by atoms with E-state index in [0.717, 1.165) is 45.3 Å². The zero-order valence-corrected chi connectivity index (χ0v) is 16.8. The van der Waals surface area contributed by atoms with Crippen molar-refractivity contribution in [1.29, 1.82) is 0 Å². The number of rotatable bonds is 5. The van der Waals surface area contributed by atoms with Gasteiger partial charge in [0.05, 0.1) is 23.4 Å². The molecule has 5 nitrogen and oxygen atoms in total. The lowest BCUT2D eigenvalue weighted by atomic mass is 10.00. The molecule has 0 saturated carbocycles. The third-order valence-electron chi connectivity index (χ3n) is 5.49. The van der Waals surface area contributed by atoms with Gasteiger partial charge < -0.3 is 15.4 Å². The summed E-state index contributed by atoms with van der Waals surface area (Å²) in [7, 11) is 3.40. The quantitative estimate of drug-likeness (QED) is 0.615. The molecule has 1 fully saturated rings. The second-order valence-electron chi connectivity index (χ2n) is 7.27. The van der Waals surface area contributed by atoms with Crippen LogP contribution < -0.4 is 10.5 Å². The summed E-state index contributed by atoms with van der Waals surface area (Å²) in [5, 5.41) is 0.372. The fourth-order valence-corrected chi connectivity index (χ4v) is 3.95. The molecule has 0 unspecified atom stereocenters. The SMILES string of the molecule is COc1cc(N)c(Cl)cc1C(=O)N(C)C1CCN(CC2=CCC=CC2)CC1. The summed E-state index contributed by atoms with van der Waals surface area (Å²) in [6.45, 7) is 3.04. The van der Waals surface area contributed by atoms with Crippen LogP contribution >= 0.6 is 11.6 Å². The summed E-state index contributed by atoms with van der Waals surface area (Å²) in [6.07, 6.45) is 10.9. The summed E-state index contributed by atoms with van der Waals surface area (Å²) in [5.41, 5.74) is 8.20. The van der Waals surface area contributed by atoms with E-state index in [1.165, 1.54) is 12.7 Å². The minimum absolute atomic E-state index is 0.0765. The number of amides is 1. The van der Waals surface area contributed by atoms with Gasteiger partial charge in [-0.05, 0) is 31.7 Å². The van der Waals surface area contributed by atoms with Crippen molar-refractivity contribution in [3.8, 4) is 5.75 Å². The first kappa shape index (κ1) is 19.8. The monoisotopic (exact) mass is 389 g/mol. The number of likely N-dealkylation sites (tertiary alicyclic amines) is 1. The molecular weight excluding hydrogens is 362 g/mol. The molecule has 0 spiro atoms. The van der Waals surface area contributed by atoms with Gasteiger partial charge in [0.15, 0.2) is 0 Å². The number of nitrogen functional groups attached to an aromatic ring is 1. The minimum atomic E-state index is -0.0765. The van der Waals surface area contributed by atoms with Gasteiger partial charge >= 0.3 is 0 Å². The number of halogens is 1. The van der Waals surface area contributed by atoms with Crippen LogP contribution in [0.5, 0.6) is 5.75 Å². The van der Waals surface area contributed by atoms with E-state index in [1.807, 2.05) is 11.9 Å². The lowest BCUT2D eigenvalue weighted by Crippen LogP contribution is -2.46. The van der Waals surface area contributed by atoms with Crippen LogP contribution in [0, 0.1) is 0 Å². The zero-order chi connectivity index (χ0) is 19.4. The van der Waals surface area contributed by atoms with Gasteiger partial charge in [-0.2, -0.15) is 0 Å². The van der Waals surface area contributed by atoms with Crippen LogP contribution in [0.1, 0.15) is 36.0 Å². The van der Waals surface area contributed by atoms with Crippen molar-refractivity contribution in [3.63, 3.8) is 0 Å². The number of nitrogens with zero attached hydrogens (tertiary/aromatic N) is 2. The van der Waals surface area contributed by atoms with Crippen LogP contribution in [0.2, 0.25) is 5.02 Å². The molecule has 6 heteroatoms. The maximum absolute atomic E-state index is 13.0. The summed E-state index contributed by atoms with van der Waals surface area (Å²) in [4.78, 5) is 17.3. The second-order valence-corrected chi connectivity index (χ2v) is 7.68. The summed E-state index contributed by atoms with van der Waals surface area (Å²) < 4.78 is 5.34. The van der Waals surface area contributed by atoms with Crippen LogP contribution in [-0.4, -0.2) is 55.5 Å². The second kappa shape index (κ2) is 8.81. The Morgan fingerprint density at radius 1 is 1.33 bits per heavy atom. The number of allylic oxidation sites excluding steroid dienone is 3. The Hall–Kier alpha value is -1.98. The zero-order valence-electron chi connectivity index (χ0n) is 16.1. The van der Waals surface area contributed by atoms with E-state index >= 15 is 0 Å². The van der Waals surface area contributed by atoms with E-state index in [1.54, 1.807) is 12.1 Å². The first-order valence-electron chi connectivity index (χ1n) is 9.45. The predicted octanol–water partition coefficient (Wildman–Crippen LogP) is 3.74. The first-order valence-corrected chi connectivity index (χ1v) is 9.82. The topological polar surface area (TPSA) is 58.8 Å². The van der Waals surface area contributed by atoms with E-state index in [9.17, 15) is 4.79 Å². The highest BCUT2D eigenvalue weighted by Gasteiger charge is 2.28. The molecular formula is C21H28ClN3O2. The highest BCUT2D eigenvalue weighted by molar-refractivity contribution is 6.33. The standard InChI is InChI=1S/C21H28ClN3O2/c1-24(21(26)17-12-18(22)19(23)13-20(17)27-2)16-8-10-25(11-9-16)14-15-6-4-3-5-7-15/h3-4,7,12-13,16H,5-6,8-11,14,23H2,1-2H3. The number of piperidine rings is 1. The van der Waals surface area contributed by atoms with Crippen LogP contribution in [0.25, 0.3) is 0 Å². The summed E-state index contributed by atoms with van der Waals surface area (Å²) in [6, 6.07) is 3.43. The molecule has 1 heterocycles. The van der Waals surface area contributed by atoms with E-state index < -0.39 is 0 Å². The Morgan fingerprint density at radius 3 is 2.70 bits per heavy atom. The number of anilines is 1. The number of carbonyl (C=O) groups excluding carboxylic acids is 1. The van der Waals surface area contributed by atoms with Crippen LogP contribution in [0.3, 0.4) is 0 Å². The Bertz CT molecular complexity index is 752. The Morgan fingerprint density at radius 2 is 2.07 bits per heavy atom. The molecule has 0 bridgehead atoms. The van der Waals surface area contributed by atoms with E-state index in [2.05, 4.69) is 23.1 Å². The molecule has 146 valence electrons. The molecule has 0 atom stereocenters. The fourth-order valence-electron chi connectivity index (χ4n) is 3.79. The largest absolute Gasteiger partial charge is 0.496 e. The summed E-state index contributed by atoms with van der Waals surface area (Å²) in [5.74, 6) is 0.385. The van der Waals surface area contributed by atoms with Crippen LogP contribution in [0.15, 0.2) is 35.9 Å². The molecule has 1 aromatic carbocycles. The van der Waals surface area contributed by atoms with Crippen molar-refractivity contribution in [2.24, 2.45) is 0 Å². The molecule has 27 heavy (non-hydrogen) atoms. The van der Waals surface area contributed by atoms with Gasteiger partial charge in [-0.1, -0.05) is 35.4 Å². The van der Waals surface area contributed by atoms with Crippen molar-refractivity contribution in [2.45, 2.75) is 31.7 Å². The van der Waals surface area contributed by atoms with Crippen molar-refractivity contribution < 1.29 is 9.53 Å². The van der Waals surface area contributed by atoms with Gasteiger partial charge in [0.1, 0.15) is 5.75 Å². The molecule has 1 amide bonds.